The first-order valence-electron chi connectivity index (χ1n) is 10.8. The van der Waals surface area contributed by atoms with Crippen molar-refractivity contribution in [2.75, 3.05) is 13.7 Å². The number of nitrogens with zero attached hydrogens (tertiary/aromatic N) is 1. The molecule has 0 bridgehead atoms. The number of likely N-dealkylation sites (N-methyl/N-ethyl adjacent to an activating group) is 1. The lowest BCUT2D eigenvalue weighted by Gasteiger charge is -2.36. The van der Waals surface area contributed by atoms with Crippen molar-refractivity contribution in [2.24, 2.45) is 0 Å². The van der Waals surface area contributed by atoms with E-state index >= 15 is 0 Å². The van der Waals surface area contributed by atoms with Crippen LogP contribution in [0.25, 0.3) is 0 Å². The van der Waals surface area contributed by atoms with E-state index in [1.165, 1.54) is 12.1 Å². The first kappa shape index (κ1) is 24.1. The molecule has 0 radical (unpaired) electrons. The molecule has 3 rings (SSSR count). The molecule has 0 aliphatic carbocycles. The monoisotopic (exact) mass is 453 g/mol. The maximum Gasteiger partial charge on any atom is 0.272 e. The molecular weight excluding hydrogens is 422 g/mol. The van der Waals surface area contributed by atoms with Gasteiger partial charge in [0.05, 0.1) is 5.54 Å². The number of rotatable bonds is 3. The highest BCUT2D eigenvalue weighted by Crippen LogP contribution is 2.37. The molecule has 8 heteroatoms. The molecule has 1 atom stereocenters. The molecule has 1 heterocycles. The second-order valence-corrected chi connectivity index (χ2v) is 9.23. The summed E-state index contributed by atoms with van der Waals surface area (Å²) in [6.45, 7) is 11.2. The Morgan fingerprint density at radius 3 is 2.24 bits per heavy atom. The van der Waals surface area contributed by atoms with Gasteiger partial charge < -0.3 is 14.8 Å². The van der Waals surface area contributed by atoms with Crippen molar-refractivity contribution in [2.45, 2.75) is 53.2 Å². The molecule has 0 aromatic heterocycles. The van der Waals surface area contributed by atoms with E-state index < -0.39 is 17.6 Å². The van der Waals surface area contributed by atoms with Gasteiger partial charge in [0.25, 0.3) is 17.7 Å². The number of hydrogen-bond acceptors (Lipinski definition) is 5. The summed E-state index contributed by atoms with van der Waals surface area (Å²) in [4.78, 5) is 38.6. The topological polar surface area (TPSA) is 97.0 Å². The molecule has 3 amide bonds. The van der Waals surface area contributed by atoms with Crippen molar-refractivity contribution >= 4 is 17.7 Å². The Morgan fingerprint density at radius 1 is 1.03 bits per heavy atom. The van der Waals surface area contributed by atoms with Crippen LogP contribution < -0.4 is 20.2 Å². The number of nitrogens with one attached hydrogen (secondary N) is 2. The molecular formula is C25H31N3O5. The molecule has 0 spiro atoms. The van der Waals surface area contributed by atoms with Crippen molar-refractivity contribution in [1.29, 1.82) is 0 Å². The summed E-state index contributed by atoms with van der Waals surface area (Å²) in [7, 11) is 1.52. The lowest BCUT2D eigenvalue weighted by Crippen LogP contribution is -2.56. The minimum absolute atomic E-state index is 0.0832. The SMILES string of the molecule is CNC(=O)C1COc2ccc(C(=O)NN(C(=O)c3cc(C)cc(C)c3)C(C)(C)C)c(C)c2O1. The van der Waals surface area contributed by atoms with Crippen LogP contribution in [0, 0.1) is 20.8 Å². The third-order valence-corrected chi connectivity index (χ3v) is 5.36. The molecule has 1 unspecified atom stereocenters. The van der Waals surface area contributed by atoms with Gasteiger partial charge in [-0.25, -0.2) is 5.01 Å². The lowest BCUT2D eigenvalue weighted by molar-refractivity contribution is -0.129. The zero-order chi connectivity index (χ0) is 24.5. The van der Waals surface area contributed by atoms with Gasteiger partial charge in [-0.15, -0.1) is 0 Å². The van der Waals surface area contributed by atoms with Gasteiger partial charge >= 0.3 is 0 Å². The van der Waals surface area contributed by atoms with Gasteiger partial charge in [0, 0.05) is 23.7 Å². The summed E-state index contributed by atoms with van der Waals surface area (Å²) in [5.41, 5.74) is 5.35. The van der Waals surface area contributed by atoms with Gasteiger partial charge in [0.2, 0.25) is 6.10 Å². The quantitative estimate of drug-likeness (QED) is 0.696. The lowest BCUT2D eigenvalue weighted by atomic mass is 10.0. The van der Waals surface area contributed by atoms with Crippen LogP contribution >= 0.6 is 0 Å². The van der Waals surface area contributed by atoms with E-state index in [0.717, 1.165) is 11.1 Å². The maximum atomic E-state index is 13.4. The smallest absolute Gasteiger partial charge is 0.272 e. The predicted octanol–water partition coefficient (Wildman–Crippen LogP) is 3.08. The number of carbonyl (C=O) groups is 3. The fraction of sp³-hybridized carbons (Fsp3) is 0.400. The normalized spacial score (nSPS) is 14.9. The molecule has 2 aromatic rings. The first-order chi connectivity index (χ1) is 15.4. The maximum absolute atomic E-state index is 13.4. The zero-order valence-corrected chi connectivity index (χ0v) is 20.2. The van der Waals surface area contributed by atoms with Gasteiger partial charge in [-0.05, 0) is 65.8 Å². The van der Waals surface area contributed by atoms with Crippen molar-refractivity contribution in [3.8, 4) is 11.5 Å². The van der Waals surface area contributed by atoms with Crippen LogP contribution in [0.2, 0.25) is 0 Å². The Kier molecular flexibility index (Phi) is 6.67. The minimum Gasteiger partial charge on any atom is -0.485 e. The first-order valence-corrected chi connectivity index (χ1v) is 10.8. The highest BCUT2D eigenvalue weighted by atomic mass is 16.6. The molecule has 1 aliphatic rings. The Hall–Kier alpha value is -3.55. The summed E-state index contributed by atoms with van der Waals surface area (Å²) < 4.78 is 11.5. The molecule has 176 valence electrons. The Morgan fingerprint density at radius 2 is 1.67 bits per heavy atom. The van der Waals surface area contributed by atoms with Crippen LogP contribution in [-0.4, -0.2) is 48.0 Å². The minimum atomic E-state index is -0.809. The van der Waals surface area contributed by atoms with E-state index in [2.05, 4.69) is 10.7 Å². The summed E-state index contributed by atoms with van der Waals surface area (Å²) in [6.07, 6.45) is -0.809. The molecule has 2 N–H and O–H groups in total. The van der Waals surface area contributed by atoms with Crippen molar-refractivity contribution < 1.29 is 23.9 Å². The fourth-order valence-electron chi connectivity index (χ4n) is 3.72. The number of hydrazine groups is 1. The molecule has 2 aromatic carbocycles. The van der Waals surface area contributed by atoms with Gasteiger partial charge in [0.1, 0.15) is 6.61 Å². The largest absolute Gasteiger partial charge is 0.485 e. The summed E-state index contributed by atoms with van der Waals surface area (Å²) >= 11 is 0. The number of benzene rings is 2. The van der Waals surface area contributed by atoms with E-state index in [-0.39, 0.29) is 18.4 Å². The third-order valence-electron chi connectivity index (χ3n) is 5.36. The van der Waals surface area contributed by atoms with E-state index in [0.29, 0.717) is 28.2 Å². The third kappa shape index (κ3) is 5.10. The van der Waals surface area contributed by atoms with E-state index in [1.807, 2.05) is 40.7 Å². The van der Waals surface area contributed by atoms with E-state index in [1.54, 1.807) is 31.2 Å². The van der Waals surface area contributed by atoms with Gasteiger partial charge in [-0.3, -0.25) is 19.8 Å². The Balaban J connectivity index is 1.91. The van der Waals surface area contributed by atoms with E-state index in [4.69, 9.17) is 9.47 Å². The molecule has 0 fully saturated rings. The number of amides is 3. The highest BCUT2D eigenvalue weighted by Gasteiger charge is 2.32. The van der Waals surface area contributed by atoms with Crippen LogP contribution in [-0.2, 0) is 4.79 Å². The van der Waals surface area contributed by atoms with Crippen LogP contribution in [0.3, 0.4) is 0 Å². The van der Waals surface area contributed by atoms with Gasteiger partial charge in [-0.1, -0.05) is 17.2 Å². The Bertz CT molecular complexity index is 1080. The van der Waals surface area contributed by atoms with Crippen LogP contribution in [0.5, 0.6) is 11.5 Å². The average Bonchev–Trinajstić information content (AvgIpc) is 2.75. The van der Waals surface area contributed by atoms with Crippen LogP contribution in [0.1, 0.15) is 58.2 Å². The molecule has 8 nitrogen and oxygen atoms in total. The Labute approximate surface area is 194 Å². The number of aryl methyl sites for hydroxylation is 2. The molecule has 0 saturated carbocycles. The second kappa shape index (κ2) is 9.13. The number of carbonyl (C=O) groups excluding carboxylic acids is 3. The fourth-order valence-corrected chi connectivity index (χ4v) is 3.72. The van der Waals surface area contributed by atoms with Crippen molar-refractivity contribution in [1.82, 2.24) is 15.8 Å². The van der Waals surface area contributed by atoms with Gasteiger partial charge in [0.15, 0.2) is 11.5 Å². The van der Waals surface area contributed by atoms with Crippen molar-refractivity contribution in [3.63, 3.8) is 0 Å². The number of fused-ring (bicyclic) bond motifs is 1. The summed E-state index contributed by atoms with van der Waals surface area (Å²) in [6, 6.07) is 8.84. The van der Waals surface area contributed by atoms with Crippen LogP contribution in [0.4, 0.5) is 0 Å². The van der Waals surface area contributed by atoms with Crippen molar-refractivity contribution in [3.05, 3.63) is 58.1 Å². The number of hydrogen-bond donors (Lipinski definition) is 2. The molecule has 1 aliphatic heterocycles. The summed E-state index contributed by atoms with van der Waals surface area (Å²) in [5.74, 6) is -0.285. The van der Waals surface area contributed by atoms with Crippen LogP contribution in [0.15, 0.2) is 30.3 Å². The average molecular weight is 454 g/mol. The molecule has 0 saturated heterocycles. The number of ether oxygens (including phenoxy) is 2. The molecule has 33 heavy (non-hydrogen) atoms. The predicted molar refractivity (Wildman–Crippen MR) is 124 cm³/mol. The zero-order valence-electron chi connectivity index (χ0n) is 20.2. The standard InChI is InChI=1S/C25H31N3O5/c1-14-10-15(2)12-17(11-14)24(31)28(25(4,5)6)27-22(29)18-8-9-19-21(16(18)3)33-20(13-32-19)23(30)26-7/h8-12,20H,13H2,1-7H3,(H,26,30)(H,27,29). The highest BCUT2D eigenvalue weighted by molar-refractivity contribution is 6.01. The van der Waals surface area contributed by atoms with E-state index in [9.17, 15) is 14.4 Å². The van der Waals surface area contributed by atoms with Gasteiger partial charge in [-0.2, -0.15) is 0 Å². The second-order valence-electron chi connectivity index (χ2n) is 9.23. The summed E-state index contributed by atoms with van der Waals surface area (Å²) in [5, 5.41) is 3.87.